The number of nitrogens with zero attached hydrogens (tertiary/aromatic N) is 1. The molecule has 0 amide bonds. The fraction of sp³-hybridized carbons (Fsp3) is 0.400. The van der Waals surface area contributed by atoms with Crippen molar-refractivity contribution in [2.75, 3.05) is 0 Å². The molecule has 1 aliphatic carbocycles. The van der Waals surface area contributed by atoms with Crippen molar-refractivity contribution in [1.29, 1.82) is 0 Å². The summed E-state index contributed by atoms with van der Waals surface area (Å²) in [5.41, 5.74) is 5.34. The van der Waals surface area contributed by atoms with Gasteiger partial charge in [0.15, 0.2) is 5.69 Å². The van der Waals surface area contributed by atoms with Gasteiger partial charge < -0.3 is 5.73 Å². The van der Waals surface area contributed by atoms with Crippen LogP contribution in [-0.4, -0.2) is 4.98 Å². The lowest BCUT2D eigenvalue weighted by atomic mass is 9.65. The molecule has 2 N–H and O–H groups in total. The molecule has 2 aromatic rings. The van der Waals surface area contributed by atoms with E-state index in [2.05, 4.69) is 4.98 Å². The Morgan fingerprint density at radius 2 is 1.86 bits per heavy atom. The van der Waals surface area contributed by atoms with Gasteiger partial charge in [0.1, 0.15) is 5.01 Å². The molecular weight excluding hydrogens is 297 g/mol. The lowest BCUT2D eigenvalue weighted by Crippen LogP contribution is -2.35. The van der Waals surface area contributed by atoms with Crippen LogP contribution < -0.4 is 5.73 Å². The van der Waals surface area contributed by atoms with Crippen molar-refractivity contribution >= 4 is 11.3 Å². The van der Waals surface area contributed by atoms with Crippen LogP contribution in [-0.2, 0) is 18.1 Å². The minimum absolute atomic E-state index is 0.125. The molecule has 0 bridgehead atoms. The number of thiazole rings is 1. The van der Waals surface area contributed by atoms with Crippen molar-refractivity contribution in [3.8, 4) is 0 Å². The Labute approximate surface area is 124 Å². The molecule has 3 rings (SSSR count). The van der Waals surface area contributed by atoms with Crippen molar-refractivity contribution in [2.24, 2.45) is 5.73 Å². The fourth-order valence-electron chi connectivity index (χ4n) is 2.83. The average molecular weight is 312 g/mol. The summed E-state index contributed by atoms with van der Waals surface area (Å²) in [6.07, 6.45) is -1.75. The van der Waals surface area contributed by atoms with Crippen LogP contribution in [0.15, 0.2) is 30.3 Å². The second-order valence-corrected chi connectivity index (χ2v) is 6.38. The van der Waals surface area contributed by atoms with E-state index in [0.29, 0.717) is 5.01 Å². The van der Waals surface area contributed by atoms with E-state index in [-0.39, 0.29) is 16.8 Å². The lowest BCUT2D eigenvalue weighted by molar-refractivity contribution is -0.141. The minimum Gasteiger partial charge on any atom is -0.326 e. The van der Waals surface area contributed by atoms with Crippen LogP contribution in [0.2, 0.25) is 0 Å². The molecule has 0 spiro atoms. The highest BCUT2D eigenvalue weighted by Gasteiger charge is 2.46. The van der Waals surface area contributed by atoms with Gasteiger partial charge in [0.05, 0.1) is 4.88 Å². The predicted octanol–water partition coefficient (Wildman–Crippen LogP) is 4.09. The maximum atomic E-state index is 13.0. The van der Waals surface area contributed by atoms with E-state index in [1.165, 1.54) is 0 Å². The van der Waals surface area contributed by atoms with Crippen molar-refractivity contribution < 1.29 is 13.2 Å². The highest BCUT2D eigenvalue weighted by molar-refractivity contribution is 7.12. The van der Waals surface area contributed by atoms with Gasteiger partial charge in [0.25, 0.3) is 0 Å². The quantitative estimate of drug-likeness (QED) is 0.927. The lowest BCUT2D eigenvalue weighted by Gasteiger charge is -2.40. The second-order valence-electron chi connectivity index (χ2n) is 5.29. The molecule has 21 heavy (non-hydrogen) atoms. The van der Waals surface area contributed by atoms with Crippen LogP contribution in [0, 0.1) is 0 Å². The van der Waals surface area contributed by atoms with Crippen LogP contribution in [0.3, 0.4) is 0 Å². The standard InChI is InChI=1S/C15H15F3N2S/c16-15(17,18)12-11(9-19)21-13(20-12)14(7-4-8-14)10-5-2-1-3-6-10/h1-3,5-6H,4,7-9,19H2. The summed E-state index contributed by atoms with van der Waals surface area (Å²) in [7, 11) is 0. The van der Waals surface area contributed by atoms with Gasteiger partial charge in [-0.15, -0.1) is 11.3 Å². The Bertz CT molecular complexity index is 630. The molecule has 1 aromatic heterocycles. The minimum atomic E-state index is -4.44. The van der Waals surface area contributed by atoms with Crippen LogP contribution in [0.5, 0.6) is 0 Å². The molecule has 0 atom stereocenters. The first-order valence-electron chi connectivity index (χ1n) is 6.80. The number of halogens is 3. The summed E-state index contributed by atoms with van der Waals surface area (Å²) >= 11 is 1.11. The summed E-state index contributed by atoms with van der Waals surface area (Å²) < 4.78 is 39.1. The zero-order valence-corrected chi connectivity index (χ0v) is 12.1. The molecule has 2 nitrogen and oxygen atoms in total. The predicted molar refractivity (Wildman–Crippen MR) is 76.1 cm³/mol. The van der Waals surface area contributed by atoms with Crippen molar-refractivity contribution in [3.05, 3.63) is 51.5 Å². The number of hydrogen-bond donors (Lipinski definition) is 1. The van der Waals surface area contributed by atoms with Gasteiger partial charge in [-0.05, 0) is 18.4 Å². The van der Waals surface area contributed by atoms with Gasteiger partial charge in [-0.3, -0.25) is 0 Å². The zero-order valence-electron chi connectivity index (χ0n) is 11.3. The first-order valence-corrected chi connectivity index (χ1v) is 7.62. The molecule has 0 radical (unpaired) electrons. The molecule has 0 saturated heterocycles. The van der Waals surface area contributed by atoms with E-state index in [4.69, 9.17) is 5.73 Å². The van der Waals surface area contributed by atoms with E-state index in [1.54, 1.807) is 0 Å². The van der Waals surface area contributed by atoms with Gasteiger partial charge >= 0.3 is 6.18 Å². The van der Waals surface area contributed by atoms with Crippen molar-refractivity contribution in [3.63, 3.8) is 0 Å². The van der Waals surface area contributed by atoms with E-state index in [9.17, 15) is 13.2 Å². The third-order valence-electron chi connectivity index (χ3n) is 4.09. The maximum Gasteiger partial charge on any atom is 0.434 e. The third-order valence-corrected chi connectivity index (χ3v) is 5.38. The number of alkyl halides is 3. The SMILES string of the molecule is NCc1sc(C2(c3ccccc3)CCC2)nc1C(F)(F)F. The first kappa shape index (κ1) is 14.5. The normalized spacial score (nSPS) is 17.5. The second kappa shape index (κ2) is 5.10. The maximum absolute atomic E-state index is 13.0. The van der Waals surface area contributed by atoms with Crippen LogP contribution in [0.4, 0.5) is 13.2 Å². The van der Waals surface area contributed by atoms with Gasteiger partial charge in [0.2, 0.25) is 0 Å². The summed E-state index contributed by atoms with van der Waals surface area (Å²) in [5.74, 6) is 0. The van der Waals surface area contributed by atoms with Crippen molar-refractivity contribution in [2.45, 2.75) is 37.4 Å². The summed E-state index contributed by atoms with van der Waals surface area (Å²) in [4.78, 5) is 4.06. The van der Waals surface area contributed by atoms with Gasteiger partial charge in [-0.25, -0.2) is 4.98 Å². The van der Waals surface area contributed by atoms with Crippen LogP contribution in [0.25, 0.3) is 0 Å². The molecule has 0 unspecified atom stereocenters. The first-order chi connectivity index (χ1) is 9.97. The number of benzene rings is 1. The Balaban J connectivity index is 2.09. The highest BCUT2D eigenvalue weighted by atomic mass is 32.1. The van der Waals surface area contributed by atoms with E-state index >= 15 is 0 Å². The van der Waals surface area contributed by atoms with E-state index in [1.807, 2.05) is 30.3 Å². The molecule has 1 saturated carbocycles. The van der Waals surface area contributed by atoms with Gasteiger partial charge in [0, 0.05) is 12.0 Å². The Kier molecular flexibility index (Phi) is 3.53. The number of rotatable bonds is 3. The fourth-order valence-corrected chi connectivity index (χ4v) is 4.06. The Morgan fingerprint density at radius 1 is 1.19 bits per heavy atom. The van der Waals surface area contributed by atoms with Crippen LogP contribution in [0.1, 0.15) is 40.4 Å². The Morgan fingerprint density at radius 3 is 2.29 bits per heavy atom. The number of nitrogens with two attached hydrogens (primary N) is 1. The summed E-state index contributed by atoms with van der Waals surface area (Å²) in [6, 6.07) is 9.67. The smallest absolute Gasteiger partial charge is 0.326 e. The molecule has 1 aromatic carbocycles. The molecule has 1 fully saturated rings. The zero-order chi connectivity index (χ0) is 15.1. The van der Waals surface area contributed by atoms with E-state index < -0.39 is 11.9 Å². The third kappa shape index (κ3) is 2.36. The van der Waals surface area contributed by atoms with E-state index in [0.717, 1.165) is 36.2 Å². The molecule has 0 aliphatic heterocycles. The largest absolute Gasteiger partial charge is 0.434 e. The average Bonchev–Trinajstić information content (AvgIpc) is 2.83. The molecular formula is C15H15F3N2S. The van der Waals surface area contributed by atoms with Gasteiger partial charge in [-0.2, -0.15) is 13.2 Å². The molecule has 112 valence electrons. The summed E-state index contributed by atoms with van der Waals surface area (Å²) in [5, 5.41) is 0.549. The topological polar surface area (TPSA) is 38.9 Å². The highest BCUT2D eigenvalue weighted by Crippen LogP contribution is 2.51. The molecule has 6 heteroatoms. The van der Waals surface area contributed by atoms with Crippen LogP contribution >= 0.6 is 11.3 Å². The monoisotopic (exact) mass is 312 g/mol. The number of hydrogen-bond acceptors (Lipinski definition) is 3. The van der Waals surface area contributed by atoms with Crippen molar-refractivity contribution in [1.82, 2.24) is 4.98 Å². The molecule has 1 heterocycles. The number of aromatic nitrogens is 1. The van der Waals surface area contributed by atoms with Gasteiger partial charge in [-0.1, -0.05) is 36.8 Å². The Hall–Kier alpha value is -1.40. The molecule has 1 aliphatic rings. The summed E-state index contributed by atoms with van der Waals surface area (Å²) in [6.45, 7) is -0.128.